The first-order chi connectivity index (χ1) is 8.49. The predicted molar refractivity (Wildman–Crippen MR) is 76.7 cm³/mol. The van der Waals surface area contributed by atoms with Gasteiger partial charge in [0.2, 0.25) is 5.91 Å². The Morgan fingerprint density at radius 2 is 1.89 bits per heavy atom. The maximum Gasteiger partial charge on any atom is 0.238 e. The highest BCUT2D eigenvalue weighted by Crippen LogP contribution is 2.12. The maximum atomic E-state index is 11.8. The minimum absolute atomic E-state index is 0.0138. The van der Waals surface area contributed by atoms with Crippen LogP contribution in [-0.4, -0.2) is 18.5 Å². The first-order valence-corrected chi connectivity index (χ1v) is 6.58. The Labute approximate surface area is 110 Å². The molecule has 0 aliphatic heterocycles. The summed E-state index contributed by atoms with van der Waals surface area (Å²) in [5, 5.41) is 6.16. The molecule has 1 atom stereocenters. The Balaban J connectivity index is 2.36. The Morgan fingerprint density at radius 3 is 2.50 bits per heavy atom. The topological polar surface area (TPSA) is 41.1 Å². The molecule has 0 heterocycles. The predicted octanol–water partition coefficient (Wildman–Crippen LogP) is 2.96. The summed E-state index contributed by atoms with van der Waals surface area (Å²) < 4.78 is 0. The lowest BCUT2D eigenvalue weighted by Gasteiger charge is -2.16. The summed E-state index contributed by atoms with van der Waals surface area (Å²) >= 11 is 0. The van der Waals surface area contributed by atoms with E-state index in [1.165, 1.54) is 0 Å². The number of anilines is 1. The number of carbonyl (C=O) groups excluding carboxylic acids is 1. The quantitative estimate of drug-likeness (QED) is 0.812. The van der Waals surface area contributed by atoms with Gasteiger partial charge in [-0.25, -0.2) is 0 Å². The SMILES string of the molecule is Cc1ccccc1NC(=O)CN[C@H](C)CC(C)C. The first kappa shape index (κ1) is 14.7. The molecule has 18 heavy (non-hydrogen) atoms. The fraction of sp³-hybridized carbons (Fsp3) is 0.533. The largest absolute Gasteiger partial charge is 0.325 e. The van der Waals surface area contributed by atoms with Gasteiger partial charge in [0.05, 0.1) is 6.54 Å². The lowest BCUT2D eigenvalue weighted by molar-refractivity contribution is -0.115. The van der Waals surface area contributed by atoms with Crippen LogP contribution in [0, 0.1) is 12.8 Å². The molecule has 3 heteroatoms. The van der Waals surface area contributed by atoms with Crippen LogP contribution >= 0.6 is 0 Å². The van der Waals surface area contributed by atoms with E-state index in [2.05, 4.69) is 31.4 Å². The van der Waals surface area contributed by atoms with Gasteiger partial charge in [0.25, 0.3) is 0 Å². The van der Waals surface area contributed by atoms with E-state index in [9.17, 15) is 4.79 Å². The van der Waals surface area contributed by atoms with Gasteiger partial charge in [-0.2, -0.15) is 0 Å². The van der Waals surface area contributed by atoms with E-state index in [1.54, 1.807) is 0 Å². The molecule has 0 bridgehead atoms. The maximum absolute atomic E-state index is 11.8. The van der Waals surface area contributed by atoms with Crippen molar-refractivity contribution in [1.82, 2.24) is 5.32 Å². The van der Waals surface area contributed by atoms with E-state index >= 15 is 0 Å². The lowest BCUT2D eigenvalue weighted by atomic mass is 10.1. The average Bonchev–Trinajstić information content (AvgIpc) is 2.29. The molecule has 0 aromatic heterocycles. The molecule has 0 aliphatic rings. The van der Waals surface area contributed by atoms with E-state index in [0.717, 1.165) is 17.7 Å². The van der Waals surface area contributed by atoms with Crippen molar-refractivity contribution in [1.29, 1.82) is 0 Å². The summed E-state index contributed by atoms with van der Waals surface area (Å²) in [5.41, 5.74) is 1.97. The third-order valence-electron chi connectivity index (χ3n) is 2.86. The molecule has 0 fully saturated rings. The number of benzene rings is 1. The van der Waals surface area contributed by atoms with Crippen LogP contribution in [0.3, 0.4) is 0 Å². The minimum Gasteiger partial charge on any atom is -0.325 e. The van der Waals surface area contributed by atoms with Crippen molar-refractivity contribution in [3.05, 3.63) is 29.8 Å². The molecule has 100 valence electrons. The summed E-state index contributed by atoms with van der Waals surface area (Å²) in [5.74, 6) is 0.659. The Bertz CT molecular complexity index is 388. The summed E-state index contributed by atoms with van der Waals surface area (Å²) in [6.07, 6.45) is 1.08. The molecule has 0 unspecified atom stereocenters. The highest BCUT2D eigenvalue weighted by Gasteiger charge is 2.08. The number of rotatable bonds is 6. The van der Waals surface area contributed by atoms with Crippen LogP contribution in [0.1, 0.15) is 32.8 Å². The molecular formula is C15H24N2O. The van der Waals surface area contributed by atoms with Gasteiger partial charge < -0.3 is 10.6 Å². The molecule has 2 N–H and O–H groups in total. The third-order valence-corrected chi connectivity index (χ3v) is 2.86. The summed E-state index contributed by atoms with van der Waals surface area (Å²) in [6, 6.07) is 8.17. The molecule has 1 amide bonds. The van der Waals surface area contributed by atoms with Crippen molar-refractivity contribution < 1.29 is 4.79 Å². The number of aryl methyl sites for hydroxylation is 1. The second kappa shape index (κ2) is 7.17. The normalized spacial score (nSPS) is 12.5. The van der Waals surface area contributed by atoms with E-state index in [0.29, 0.717) is 18.5 Å². The summed E-state index contributed by atoms with van der Waals surface area (Å²) in [4.78, 5) is 11.8. The number of amides is 1. The van der Waals surface area contributed by atoms with Gasteiger partial charge in [-0.3, -0.25) is 4.79 Å². The molecular weight excluding hydrogens is 224 g/mol. The molecule has 3 nitrogen and oxygen atoms in total. The molecule has 1 aromatic rings. The van der Waals surface area contributed by atoms with Gasteiger partial charge in [-0.1, -0.05) is 32.0 Å². The van der Waals surface area contributed by atoms with Gasteiger partial charge in [0.15, 0.2) is 0 Å². The van der Waals surface area contributed by atoms with Gasteiger partial charge in [-0.15, -0.1) is 0 Å². The van der Waals surface area contributed by atoms with E-state index in [4.69, 9.17) is 0 Å². The zero-order valence-corrected chi connectivity index (χ0v) is 11.8. The first-order valence-electron chi connectivity index (χ1n) is 6.58. The minimum atomic E-state index is 0.0138. The monoisotopic (exact) mass is 248 g/mol. The van der Waals surface area contributed by atoms with Crippen LogP contribution in [0.5, 0.6) is 0 Å². The van der Waals surface area contributed by atoms with Gasteiger partial charge in [0.1, 0.15) is 0 Å². The fourth-order valence-corrected chi connectivity index (χ4v) is 1.96. The smallest absolute Gasteiger partial charge is 0.238 e. The van der Waals surface area contributed by atoms with Gasteiger partial charge in [0, 0.05) is 11.7 Å². The van der Waals surface area contributed by atoms with Crippen molar-refractivity contribution in [3.8, 4) is 0 Å². The Morgan fingerprint density at radius 1 is 1.22 bits per heavy atom. The number of hydrogen-bond donors (Lipinski definition) is 2. The van der Waals surface area contributed by atoms with Gasteiger partial charge >= 0.3 is 0 Å². The number of para-hydroxylation sites is 1. The van der Waals surface area contributed by atoms with Crippen LogP contribution in [0.2, 0.25) is 0 Å². The second-order valence-electron chi connectivity index (χ2n) is 5.27. The summed E-state index contributed by atoms with van der Waals surface area (Å²) in [7, 11) is 0. The number of carbonyl (C=O) groups is 1. The lowest BCUT2D eigenvalue weighted by Crippen LogP contribution is -2.35. The van der Waals surface area contributed by atoms with Crippen LogP contribution in [0.4, 0.5) is 5.69 Å². The highest BCUT2D eigenvalue weighted by atomic mass is 16.1. The van der Waals surface area contributed by atoms with Crippen molar-refractivity contribution in [2.24, 2.45) is 5.92 Å². The van der Waals surface area contributed by atoms with Crippen molar-refractivity contribution >= 4 is 11.6 Å². The molecule has 1 rings (SSSR count). The van der Waals surface area contributed by atoms with Crippen molar-refractivity contribution in [2.75, 3.05) is 11.9 Å². The van der Waals surface area contributed by atoms with Crippen LogP contribution in [0.15, 0.2) is 24.3 Å². The van der Waals surface area contributed by atoms with Gasteiger partial charge in [-0.05, 0) is 37.8 Å². The molecule has 0 saturated heterocycles. The van der Waals surface area contributed by atoms with Crippen molar-refractivity contribution in [3.63, 3.8) is 0 Å². The van der Waals surface area contributed by atoms with Crippen LogP contribution in [0.25, 0.3) is 0 Å². The van der Waals surface area contributed by atoms with E-state index in [1.807, 2.05) is 31.2 Å². The molecule has 1 aromatic carbocycles. The molecule has 0 radical (unpaired) electrons. The summed E-state index contributed by atoms with van der Waals surface area (Å²) in [6.45, 7) is 8.84. The molecule has 0 aliphatic carbocycles. The zero-order valence-electron chi connectivity index (χ0n) is 11.8. The second-order valence-corrected chi connectivity index (χ2v) is 5.27. The molecule has 0 spiro atoms. The standard InChI is InChI=1S/C15H24N2O/c1-11(2)9-13(4)16-10-15(18)17-14-8-6-5-7-12(14)3/h5-8,11,13,16H,9-10H2,1-4H3,(H,17,18)/t13-/m1/s1. The Kier molecular flexibility index (Phi) is 5.86. The van der Waals surface area contributed by atoms with Crippen LogP contribution < -0.4 is 10.6 Å². The molecule has 0 saturated carbocycles. The highest BCUT2D eigenvalue weighted by molar-refractivity contribution is 5.92. The third kappa shape index (κ3) is 5.32. The fourth-order valence-electron chi connectivity index (χ4n) is 1.96. The van der Waals surface area contributed by atoms with E-state index < -0.39 is 0 Å². The average molecular weight is 248 g/mol. The van der Waals surface area contributed by atoms with E-state index in [-0.39, 0.29) is 5.91 Å². The number of hydrogen-bond acceptors (Lipinski definition) is 2. The number of nitrogens with one attached hydrogen (secondary N) is 2. The van der Waals surface area contributed by atoms with Crippen LogP contribution in [-0.2, 0) is 4.79 Å². The van der Waals surface area contributed by atoms with Crippen molar-refractivity contribution in [2.45, 2.75) is 40.2 Å². The Hall–Kier alpha value is -1.35. The zero-order chi connectivity index (χ0) is 13.5.